The van der Waals surface area contributed by atoms with E-state index in [1.165, 1.54) is 57.8 Å². The first-order chi connectivity index (χ1) is 14.3. The topological polar surface area (TPSA) is 41.1 Å². The van der Waals surface area contributed by atoms with Crippen LogP contribution < -0.4 is 10.6 Å². The highest BCUT2D eigenvalue weighted by atomic mass is 16.1. The number of amides is 1. The SMILES string of the molecule is CCCCCCCCCCCCCC(=O)Nc1ccc(Nc2ccccc2)cc1. The number of unbranched alkanes of at least 4 members (excludes halogenated alkanes) is 10. The first-order valence-electron chi connectivity index (χ1n) is 11.5. The van der Waals surface area contributed by atoms with Gasteiger partial charge in [-0.1, -0.05) is 89.3 Å². The Morgan fingerprint density at radius 3 is 1.69 bits per heavy atom. The van der Waals surface area contributed by atoms with Crippen LogP contribution in [0.3, 0.4) is 0 Å². The quantitative estimate of drug-likeness (QED) is 0.300. The fraction of sp³-hybridized carbons (Fsp3) is 0.500. The molecule has 2 aromatic rings. The minimum atomic E-state index is 0.115. The van der Waals surface area contributed by atoms with Crippen molar-refractivity contribution in [2.45, 2.75) is 84.0 Å². The Morgan fingerprint density at radius 2 is 1.10 bits per heavy atom. The van der Waals surface area contributed by atoms with Crippen molar-refractivity contribution in [3.05, 3.63) is 54.6 Å². The molecule has 0 aliphatic carbocycles. The zero-order valence-electron chi connectivity index (χ0n) is 18.1. The number of anilines is 3. The first-order valence-corrected chi connectivity index (χ1v) is 11.5. The average Bonchev–Trinajstić information content (AvgIpc) is 2.74. The summed E-state index contributed by atoms with van der Waals surface area (Å²) < 4.78 is 0. The molecule has 0 heterocycles. The van der Waals surface area contributed by atoms with Gasteiger partial charge >= 0.3 is 0 Å². The van der Waals surface area contributed by atoms with Gasteiger partial charge in [0.05, 0.1) is 0 Å². The lowest BCUT2D eigenvalue weighted by Gasteiger charge is -2.09. The van der Waals surface area contributed by atoms with Crippen LogP contribution in [-0.4, -0.2) is 5.91 Å². The minimum Gasteiger partial charge on any atom is -0.356 e. The van der Waals surface area contributed by atoms with E-state index < -0.39 is 0 Å². The summed E-state index contributed by atoms with van der Waals surface area (Å²) >= 11 is 0. The van der Waals surface area contributed by atoms with E-state index in [0.717, 1.165) is 29.9 Å². The van der Waals surface area contributed by atoms with Crippen LogP contribution in [-0.2, 0) is 4.79 Å². The van der Waals surface area contributed by atoms with E-state index in [9.17, 15) is 4.79 Å². The molecule has 0 unspecified atom stereocenters. The van der Waals surface area contributed by atoms with Crippen LogP contribution in [0.15, 0.2) is 54.6 Å². The summed E-state index contributed by atoms with van der Waals surface area (Å²) in [6.45, 7) is 2.26. The fourth-order valence-electron chi connectivity index (χ4n) is 3.50. The third kappa shape index (κ3) is 10.7. The lowest BCUT2D eigenvalue weighted by Crippen LogP contribution is -2.10. The van der Waals surface area contributed by atoms with E-state index >= 15 is 0 Å². The van der Waals surface area contributed by atoms with E-state index in [2.05, 4.69) is 17.6 Å². The molecule has 3 heteroatoms. The molecule has 158 valence electrons. The van der Waals surface area contributed by atoms with Crippen LogP contribution in [0.5, 0.6) is 0 Å². The van der Waals surface area contributed by atoms with E-state index in [4.69, 9.17) is 0 Å². The zero-order valence-corrected chi connectivity index (χ0v) is 18.1. The average molecular weight is 395 g/mol. The van der Waals surface area contributed by atoms with Gasteiger partial charge in [-0.25, -0.2) is 0 Å². The molecule has 0 radical (unpaired) electrons. The monoisotopic (exact) mass is 394 g/mol. The predicted octanol–water partition coefficient (Wildman–Crippen LogP) is 8.07. The van der Waals surface area contributed by atoms with Crippen molar-refractivity contribution in [1.29, 1.82) is 0 Å². The summed E-state index contributed by atoms with van der Waals surface area (Å²) in [4.78, 5) is 12.1. The molecule has 0 aliphatic heterocycles. The van der Waals surface area contributed by atoms with Crippen LogP contribution in [0.4, 0.5) is 17.1 Å². The molecule has 0 bridgehead atoms. The Labute approximate surface area is 177 Å². The molecule has 2 rings (SSSR count). The van der Waals surface area contributed by atoms with Gasteiger partial charge in [-0.15, -0.1) is 0 Å². The molecule has 0 aromatic heterocycles. The normalized spacial score (nSPS) is 10.7. The molecule has 29 heavy (non-hydrogen) atoms. The van der Waals surface area contributed by atoms with Gasteiger partial charge in [-0.3, -0.25) is 4.79 Å². The summed E-state index contributed by atoms with van der Waals surface area (Å²) in [6, 6.07) is 18.0. The van der Waals surface area contributed by atoms with Crippen molar-refractivity contribution >= 4 is 23.0 Å². The fourth-order valence-corrected chi connectivity index (χ4v) is 3.50. The Balaban J connectivity index is 1.51. The van der Waals surface area contributed by atoms with Crippen LogP contribution in [0.25, 0.3) is 0 Å². The molecule has 0 spiro atoms. The molecule has 0 saturated heterocycles. The number of carbonyl (C=O) groups is 1. The van der Waals surface area contributed by atoms with Crippen LogP contribution in [0, 0.1) is 0 Å². The summed E-state index contributed by atoms with van der Waals surface area (Å²) in [7, 11) is 0. The molecular weight excluding hydrogens is 356 g/mol. The van der Waals surface area contributed by atoms with Crippen molar-refractivity contribution in [2.24, 2.45) is 0 Å². The smallest absolute Gasteiger partial charge is 0.224 e. The van der Waals surface area contributed by atoms with Crippen LogP contribution in [0.1, 0.15) is 84.0 Å². The molecule has 3 nitrogen and oxygen atoms in total. The summed E-state index contributed by atoms with van der Waals surface area (Å²) in [5.41, 5.74) is 2.93. The van der Waals surface area contributed by atoms with Gasteiger partial charge in [0.2, 0.25) is 5.91 Å². The maximum atomic E-state index is 12.1. The molecule has 2 aromatic carbocycles. The third-order valence-electron chi connectivity index (χ3n) is 5.24. The molecule has 1 amide bonds. The summed E-state index contributed by atoms with van der Waals surface area (Å²) in [5.74, 6) is 0.115. The number of nitrogens with one attached hydrogen (secondary N) is 2. The first kappa shape index (κ1) is 23.0. The Morgan fingerprint density at radius 1 is 0.621 bits per heavy atom. The number of para-hydroxylation sites is 1. The van der Waals surface area contributed by atoms with Crippen molar-refractivity contribution in [3.8, 4) is 0 Å². The maximum absolute atomic E-state index is 12.1. The van der Waals surface area contributed by atoms with Crippen molar-refractivity contribution in [1.82, 2.24) is 0 Å². The third-order valence-corrected chi connectivity index (χ3v) is 5.24. The minimum absolute atomic E-state index is 0.115. The van der Waals surface area contributed by atoms with Crippen molar-refractivity contribution < 1.29 is 4.79 Å². The highest BCUT2D eigenvalue weighted by Crippen LogP contribution is 2.19. The second-order valence-electron chi connectivity index (χ2n) is 7.90. The highest BCUT2D eigenvalue weighted by Gasteiger charge is 2.03. The lowest BCUT2D eigenvalue weighted by molar-refractivity contribution is -0.116. The number of rotatable bonds is 15. The molecule has 2 N–H and O–H groups in total. The number of hydrogen-bond donors (Lipinski definition) is 2. The van der Waals surface area contributed by atoms with Gasteiger partial charge in [0.1, 0.15) is 0 Å². The standard InChI is InChI=1S/C26H38N2O/c1-2-3-4-5-6-7-8-9-10-11-15-18-26(29)28-25-21-19-24(20-22-25)27-23-16-13-12-14-17-23/h12-14,16-17,19-22,27H,2-11,15,18H2,1H3,(H,28,29). The number of hydrogen-bond acceptors (Lipinski definition) is 2. The van der Waals surface area contributed by atoms with Gasteiger partial charge in [0, 0.05) is 23.5 Å². The van der Waals surface area contributed by atoms with E-state index in [1.807, 2.05) is 54.6 Å². The second-order valence-corrected chi connectivity index (χ2v) is 7.90. The Hall–Kier alpha value is -2.29. The predicted molar refractivity (Wildman–Crippen MR) is 126 cm³/mol. The van der Waals surface area contributed by atoms with Crippen molar-refractivity contribution in [2.75, 3.05) is 10.6 Å². The maximum Gasteiger partial charge on any atom is 0.224 e. The zero-order chi connectivity index (χ0) is 20.6. The van der Waals surface area contributed by atoms with Gasteiger partial charge in [-0.2, -0.15) is 0 Å². The summed E-state index contributed by atoms with van der Waals surface area (Å²) in [5, 5.41) is 6.35. The molecule has 0 saturated carbocycles. The van der Waals surface area contributed by atoms with E-state index in [0.29, 0.717) is 6.42 Å². The van der Waals surface area contributed by atoms with Gasteiger partial charge in [0.25, 0.3) is 0 Å². The summed E-state index contributed by atoms with van der Waals surface area (Å²) in [6.07, 6.45) is 14.9. The second kappa shape index (κ2) is 14.7. The Bertz CT molecular complexity index is 667. The lowest BCUT2D eigenvalue weighted by atomic mass is 10.1. The number of benzene rings is 2. The highest BCUT2D eigenvalue weighted by molar-refractivity contribution is 5.90. The molecular formula is C26H38N2O. The van der Waals surface area contributed by atoms with Crippen molar-refractivity contribution in [3.63, 3.8) is 0 Å². The van der Waals surface area contributed by atoms with E-state index in [-0.39, 0.29) is 5.91 Å². The van der Waals surface area contributed by atoms with Crippen LogP contribution >= 0.6 is 0 Å². The van der Waals surface area contributed by atoms with Gasteiger partial charge in [0.15, 0.2) is 0 Å². The van der Waals surface area contributed by atoms with E-state index in [1.54, 1.807) is 0 Å². The largest absolute Gasteiger partial charge is 0.356 e. The molecule has 0 fully saturated rings. The molecule has 0 atom stereocenters. The molecule has 0 aliphatic rings. The van der Waals surface area contributed by atoms with Crippen LogP contribution in [0.2, 0.25) is 0 Å². The number of carbonyl (C=O) groups excluding carboxylic acids is 1. The van der Waals surface area contributed by atoms with Gasteiger partial charge in [-0.05, 0) is 42.8 Å². The Kier molecular flexibility index (Phi) is 11.6. The van der Waals surface area contributed by atoms with Gasteiger partial charge < -0.3 is 10.6 Å².